The fraction of sp³-hybridized carbons (Fsp3) is 0.182. The van der Waals surface area contributed by atoms with E-state index < -0.39 is 17.3 Å². The van der Waals surface area contributed by atoms with Crippen molar-refractivity contribution in [1.29, 1.82) is 5.26 Å². The van der Waals surface area contributed by atoms with Crippen LogP contribution in [0.25, 0.3) is 0 Å². The zero-order chi connectivity index (χ0) is 25.5. The van der Waals surface area contributed by atoms with Gasteiger partial charge in [-0.05, 0) is 52.2 Å². The van der Waals surface area contributed by atoms with E-state index in [0.717, 1.165) is 6.20 Å². The van der Waals surface area contributed by atoms with Gasteiger partial charge in [0.05, 0.1) is 19.0 Å². The van der Waals surface area contributed by atoms with Crippen molar-refractivity contribution < 1.29 is 18.7 Å². The first kappa shape index (κ1) is 26.0. The maximum absolute atomic E-state index is 13.8. The number of rotatable bonds is 8. The van der Waals surface area contributed by atoms with Crippen LogP contribution in [0, 0.1) is 24.1 Å². The molecule has 0 aliphatic carbocycles. The van der Waals surface area contributed by atoms with Crippen molar-refractivity contribution >= 4 is 39.7 Å². The van der Waals surface area contributed by atoms with E-state index in [1.54, 1.807) is 25.1 Å². The van der Waals surface area contributed by atoms with Gasteiger partial charge in [-0.2, -0.15) is 19.7 Å². The fourth-order valence-electron chi connectivity index (χ4n) is 2.98. The molecule has 2 aromatic heterocycles. The van der Waals surface area contributed by atoms with Crippen molar-refractivity contribution in [2.24, 2.45) is 5.10 Å². The smallest absolute Gasteiger partial charge is 0.269 e. The highest BCUT2D eigenvalue weighted by Gasteiger charge is 2.19. The summed E-state index contributed by atoms with van der Waals surface area (Å²) in [5.41, 5.74) is 3.00. The highest BCUT2D eigenvalue weighted by Crippen LogP contribution is 2.24. The van der Waals surface area contributed by atoms with Gasteiger partial charge in [-0.1, -0.05) is 12.1 Å². The van der Waals surface area contributed by atoms with Gasteiger partial charge in [-0.15, -0.1) is 0 Å². The number of methoxy groups -OCH3 is 1. The summed E-state index contributed by atoms with van der Waals surface area (Å²) in [5, 5.41) is 13.1. The highest BCUT2D eigenvalue weighted by atomic mass is 79.9. The molecule has 0 fully saturated rings. The third kappa shape index (κ3) is 6.27. The van der Waals surface area contributed by atoms with E-state index in [1.165, 1.54) is 24.0 Å². The molecule has 0 radical (unpaired) electrons. The van der Waals surface area contributed by atoms with Crippen LogP contribution >= 0.6 is 27.5 Å². The fourth-order valence-corrected chi connectivity index (χ4v) is 3.63. The van der Waals surface area contributed by atoms with Gasteiger partial charge in [-0.25, -0.2) is 10.4 Å². The van der Waals surface area contributed by atoms with Gasteiger partial charge >= 0.3 is 0 Å². The van der Waals surface area contributed by atoms with E-state index in [1.807, 2.05) is 6.07 Å². The van der Waals surface area contributed by atoms with Gasteiger partial charge in [0.1, 0.15) is 23.9 Å². The number of halogens is 3. The summed E-state index contributed by atoms with van der Waals surface area (Å²) in [7, 11) is 1.45. The van der Waals surface area contributed by atoms with Crippen molar-refractivity contribution in [2.45, 2.75) is 20.1 Å². The number of hydrazone groups is 1. The third-order valence-electron chi connectivity index (χ3n) is 4.61. The average Bonchev–Trinajstić information content (AvgIpc) is 2.83. The molecule has 10 nitrogen and oxygen atoms in total. The number of hydrogen-bond acceptors (Lipinski definition) is 8. The normalized spacial score (nSPS) is 10.9. The summed E-state index contributed by atoms with van der Waals surface area (Å²) in [6.45, 7) is 1.34. The summed E-state index contributed by atoms with van der Waals surface area (Å²) < 4.78 is 25.9. The molecular weight excluding hydrogens is 547 g/mol. The number of carbonyl (C=O) groups is 1. The molecule has 0 bridgehead atoms. The maximum atomic E-state index is 13.8. The molecular formula is C22H17BrClFN6O4. The van der Waals surface area contributed by atoms with Crippen molar-refractivity contribution in [2.75, 3.05) is 7.11 Å². The van der Waals surface area contributed by atoms with Crippen LogP contribution in [-0.2, 0) is 22.7 Å². The molecule has 0 saturated carbocycles. The number of carbonyl (C=O) groups excluding carboxylic acids is 1. The molecule has 0 spiro atoms. The third-order valence-corrected chi connectivity index (χ3v) is 5.84. The quantitative estimate of drug-likeness (QED) is 0.252. The zero-order valence-corrected chi connectivity index (χ0v) is 20.7. The summed E-state index contributed by atoms with van der Waals surface area (Å²) in [6, 6.07) is 8.27. The number of ether oxygens (including phenoxy) is 2. The molecule has 13 heteroatoms. The van der Waals surface area contributed by atoms with Crippen molar-refractivity contribution in [1.82, 2.24) is 20.0 Å². The van der Waals surface area contributed by atoms with Crippen LogP contribution < -0.4 is 15.7 Å². The minimum atomic E-state index is -0.785. The molecule has 1 N–H and O–H groups in total. The highest BCUT2D eigenvalue weighted by molar-refractivity contribution is 9.10. The predicted octanol–water partition coefficient (Wildman–Crippen LogP) is 3.46. The van der Waals surface area contributed by atoms with E-state index in [2.05, 4.69) is 36.4 Å². The number of nitrogens with zero attached hydrogens (tertiary/aromatic N) is 5. The molecule has 2 heterocycles. The average molecular weight is 564 g/mol. The van der Waals surface area contributed by atoms with Crippen LogP contribution in [0.2, 0.25) is 5.28 Å². The Labute approximate surface area is 212 Å². The van der Waals surface area contributed by atoms with Gasteiger partial charge in [0.2, 0.25) is 11.1 Å². The van der Waals surface area contributed by atoms with Crippen LogP contribution in [0.1, 0.15) is 22.4 Å². The Hall–Kier alpha value is -3.66. The largest absolute Gasteiger partial charge is 0.436 e. The lowest BCUT2D eigenvalue weighted by Crippen LogP contribution is -2.33. The second-order valence-corrected chi connectivity index (χ2v) is 8.08. The van der Waals surface area contributed by atoms with Crippen LogP contribution in [0.4, 0.5) is 4.39 Å². The van der Waals surface area contributed by atoms with Gasteiger partial charge in [0.25, 0.3) is 17.3 Å². The molecule has 3 rings (SSSR count). The zero-order valence-electron chi connectivity index (χ0n) is 18.4. The van der Waals surface area contributed by atoms with E-state index in [-0.39, 0.29) is 35.6 Å². The number of pyridine rings is 1. The minimum absolute atomic E-state index is 0.0660. The summed E-state index contributed by atoms with van der Waals surface area (Å²) in [4.78, 5) is 32.3. The molecule has 180 valence electrons. The predicted molar refractivity (Wildman–Crippen MR) is 128 cm³/mol. The van der Waals surface area contributed by atoms with Crippen molar-refractivity contribution in [3.63, 3.8) is 0 Å². The van der Waals surface area contributed by atoms with E-state index in [4.69, 9.17) is 21.1 Å². The van der Waals surface area contributed by atoms with Crippen LogP contribution in [0.5, 0.6) is 11.6 Å². The molecule has 3 aromatic rings. The number of benzene rings is 1. The molecule has 0 aliphatic heterocycles. The standard InChI is InChI=1S/C22H17BrClFN6O4/c1-12-19(23)16(11-34-2)15(7-26)21(33)31(12)10-18(32)30-28-8-13-4-3-5-14(6-13)35-20-17(25)9-27-22(24)29-20/h3-6,8-9H,10-11H2,1-2H3,(H,30,32)/b28-8+. The first-order chi connectivity index (χ1) is 16.7. The van der Waals surface area contributed by atoms with Crippen molar-refractivity contribution in [3.8, 4) is 17.7 Å². The molecule has 1 aromatic carbocycles. The maximum Gasteiger partial charge on any atom is 0.269 e. The first-order valence-corrected chi connectivity index (χ1v) is 11.0. The number of amides is 1. The lowest BCUT2D eigenvalue weighted by atomic mass is 10.1. The Morgan fingerprint density at radius 2 is 2.23 bits per heavy atom. The van der Waals surface area contributed by atoms with Crippen LogP contribution in [0.15, 0.2) is 44.8 Å². The summed E-state index contributed by atoms with van der Waals surface area (Å²) >= 11 is 9.03. The monoisotopic (exact) mass is 562 g/mol. The SMILES string of the molecule is COCc1c(Br)c(C)n(CC(=O)N/N=C/c2cccc(Oc3nc(Cl)ncc3F)c2)c(=O)c1C#N. The van der Waals surface area contributed by atoms with E-state index in [0.29, 0.717) is 21.3 Å². The number of hydrogen-bond donors (Lipinski definition) is 1. The Bertz CT molecular complexity index is 1410. The van der Waals surface area contributed by atoms with E-state index >= 15 is 0 Å². The Morgan fingerprint density at radius 1 is 1.46 bits per heavy atom. The summed E-state index contributed by atoms with van der Waals surface area (Å²) in [5.74, 6) is -1.46. The molecule has 35 heavy (non-hydrogen) atoms. The van der Waals surface area contributed by atoms with Gasteiger partial charge in [0, 0.05) is 22.8 Å². The van der Waals surface area contributed by atoms with Crippen LogP contribution in [-0.4, -0.2) is 33.8 Å². The number of nitrogens with one attached hydrogen (secondary N) is 1. The van der Waals surface area contributed by atoms with Gasteiger partial charge in [0.15, 0.2) is 0 Å². The number of nitriles is 1. The molecule has 0 saturated heterocycles. The minimum Gasteiger partial charge on any atom is -0.436 e. The Morgan fingerprint density at radius 3 is 2.94 bits per heavy atom. The summed E-state index contributed by atoms with van der Waals surface area (Å²) in [6.07, 6.45) is 2.23. The molecule has 0 unspecified atom stereocenters. The molecule has 1 amide bonds. The molecule has 0 aliphatic rings. The first-order valence-electron chi connectivity index (χ1n) is 9.83. The second kappa shape index (κ2) is 11.7. The Kier molecular flexibility index (Phi) is 8.64. The van der Waals surface area contributed by atoms with Gasteiger partial charge < -0.3 is 14.0 Å². The van der Waals surface area contributed by atoms with Gasteiger partial charge in [-0.3, -0.25) is 9.59 Å². The van der Waals surface area contributed by atoms with E-state index in [9.17, 15) is 19.2 Å². The second-order valence-electron chi connectivity index (χ2n) is 6.95. The van der Waals surface area contributed by atoms with Crippen molar-refractivity contribution in [3.05, 3.63) is 78.8 Å². The Balaban J connectivity index is 1.71. The lowest BCUT2D eigenvalue weighted by molar-refractivity contribution is -0.121. The lowest BCUT2D eigenvalue weighted by Gasteiger charge is -2.15. The topological polar surface area (TPSA) is 131 Å². The number of aromatic nitrogens is 3. The molecule has 0 atom stereocenters. The van der Waals surface area contributed by atoms with Crippen LogP contribution in [0.3, 0.4) is 0 Å².